The summed E-state index contributed by atoms with van der Waals surface area (Å²) in [7, 11) is 0. The summed E-state index contributed by atoms with van der Waals surface area (Å²) in [6.45, 7) is 5.84. The van der Waals surface area contributed by atoms with E-state index in [1.807, 2.05) is 11.0 Å². The Bertz CT molecular complexity index is 768. The van der Waals surface area contributed by atoms with Crippen LogP contribution in [0.1, 0.15) is 10.5 Å². The number of halogens is 1. The fourth-order valence-electron chi connectivity index (χ4n) is 3.50. The number of hydrogen-bond donors (Lipinski definition) is 0. The van der Waals surface area contributed by atoms with Crippen LogP contribution in [0.2, 0.25) is 0 Å². The van der Waals surface area contributed by atoms with Crippen LogP contribution < -0.4 is 9.80 Å². The molecule has 0 saturated carbocycles. The largest absolute Gasteiger partial charge is 0.378 e. The van der Waals surface area contributed by atoms with Crippen molar-refractivity contribution in [1.82, 2.24) is 9.88 Å². The number of nitrogens with zero attached hydrogens (tertiary/aromatic N) is 4. The Labute approximate surface area is 158 Å². The Balaban J connectivity index is 1.35. The van der Waals surface area contributed by atoms with Crippen LogP contribution in [-0.4, -0.2) is 68.3 Å². The van der Waals surface area contributed by atoms with Gasteiger partial charge in [0.1, 0.15) is 11.5 Å². The van der Waals surface area contributed by atoms with Gasteiger partial charge in [0.25, 0.3) is 5.91 Å². The van der Waals surface area contributed by atoms with E-state index in [9.17, 15) is 9.18 Å². The highest BCUT2D eigenvalue weighted by Crippen LogP contribution is 2.19. The number of carbonyl (C=O) groups excluding carboxylic acids is 1. The van der Waals surface area contributed by atoms with Gasteiger partial charge >= 0.3 is 0 Å². The van der Waals surface area contributed by atoms with Crippen molar-refractivity contribution < 1.29 is 13.9 Å². The van der Waals surface area contributed by atoms with Crippen molar-refractivity contribution in [1.29, 1.82) is 0 Å². The van der Waals surface area contributed by atoms with E-state index >= 15 is 0 Å². The maximum atomic E-state index is 13.1. The van der Waals surface area contributed by atoms with Gasteiger partial charge in [0.15, 0.2) is 0 Å². The average Bonchev–Trinajstić information content (AvgIpc) is 2.75. The molecule has 1 aromatic carbocycles. The molecule has 6 nitrogen and oxygen atoms in total. The zero-order valence-electron chi connectivity index (χ0n) is 15.2. The van der Waals surface area contributed by atoms with Crippen LogP contribution in [0.3, 0.4) is 0 Å². The Hall–Kier alpha value is -2.67. The molecule has 0 bridgehead atoms. The quantitative estimate of drug-likeness (QED) is 0.827. The standard InChI is InChI=1S/C20H23FN4O2/c21-16-1-3-17(4-2-16)23-7-9-25(10-8-23)20(26)19-6-5-18(15-22-19)24-11-13-27-14-12-24/h1-6,15H,7-14H2. The number of carbonyl (C=O) groups is 1. The number of ether oxygens (including phenoxy) is 1. The fraction of sp³-hybridized carbons (Fsp3) is 0.400. The highest BCUT2D eigenvalue weighted by molar-refractivity contribution is 5.92. The van der Waals surface area contributed by atoms with Gasteiger partial charge in [-0.05, 0) is 36.4 Å². The third kappa shape index (κ3) is 4.03. The predicted molar refractivity (Wildman–Crippen MR) is 102 cm³/mol. The number of anilines is 2. The van der Waals surface area contributed by atoms with Crippen LogP contribution in [-0.2, 0) is 4.74 Å². The molecule has 2 aliphatic rings. The van der Waals surface area contributed by atoms with Crippen molar-refractivity contribution in [2.75, 3.05) is 62.3 Å². The Morgan fingerprint density at radius 1 is 0.852 bits per heavy atom. The summed E-state index contributed by atoms with van der Waals surface area (Å²) in [5.74, 6) is -0.276. The number of piperazine rings is 1. The Morgan fingerprint density at radius 3 is 2.11 bits per heavy atom. The SMILES string of the molecule is O=C(c1ccc(N2CCOCC2)cn1)N1CCN(c2ccc(F)cc2)CC1. The molecule has 2 saturated heterocycles. The van der Waals surface area contributed by atoms with E-state index in [0.29, 0.717) is 18.8 Å². The average molecular weight is 370 g/mol. The van der Waals surface area contributed by atoms with E-state index in [2.05, 4.69) is 14.8 Å². The van der Waals surface area contributed by atoms with Crippen LogP contribution in [0, 0.1) is 5.82 Å². The molecular weight excluding hydrogens is 347 g/mol. The maximum Gasteiger partial charge on any atom is 0.272 e. The third-order valence-corrected chi connectivity index (χ3v) is 5.10. The lowest BCUT2D eigenvalue weighted by atomic mass is 10.2. The molecule has 3 heterocycles. The molecule has 27 heavy (non-hydrogen) atoms. The van der Waals surface area contributed by atoms with Crippen LogP contribution in [0.4, 0.5) is 15.8 Å². The number of hydrogen-bond acceptors (Lipinski definition) is 5. The van der Waals surface area contributed by atoms with Gasteiger partial charge in [0, 0.05) is 45.0 Å². The maximum absolute atomic E-state index is 13.1. The molecule has 7 heteroatoms. The van der Waals surface area contributed by atoms with E-state index in [-0.39, 0.29) is 11.7 Å². The van der Waals surface area contributed by atoms with Gasteiger partial charge in [-0.1, -0.05) is 0 Å². The lowest BCUT2D eigenvalue weighted by Crippen LogP contribution is -2.49. The highest BCUT2D eigenvalue weighted by Gasteiger charge is 2.23. The molecule has 2 aromatic rings. The molecular formula is C20H23FN4O2. The highest BCUT2D eigenvalue weighted by atomic mass is 19.1. The van der Waals surface area contributed by atoms with Crippen LogP contribution in [0.15, 0.2) is 42.6 Å². The lowest BCUT2D eigenvalue weighted by molar-refractivity contribution is 0.0741. The second-order valence-corrected chi connectivity index (χ2v) is 6.76. The summed E-state index contributed by atoms with van der Waals surface area (Å²) in [6, 6.07) is 10.2. The minimum Gasteiger partial charge on any atom is -0.378 e. The van der Waals surface area contributed by atoms with E-state index in [1.54, 1.807) is 24.4 Å². The van der Waals surface area contributed by atoms with E-state index in [4.69, 9.17) is 4.74 Å². The van der Waals surface area contributed by atoms with Gasteiger partial charge in [-0.3, -0.25) is 4.79 Å². The first-order chi connectivity index (χ1) is 13.2. The first-order valence-electron chi connectivity index (χ1n) is 9.29. The Morgan fingerprint density at radius 2 is 1.48 bits per heavy atom. The van der Waals surface area contributed by atoms with Crippen molar-refractivity contribution in [3.63, 3.8) is 0 Å². The first-order valence-corrected chi connectivity index (χ1v) is 9.29. The van der Waals surface area contributed by atoms with Crippen molar-refractivity contribution >= 4 is 17.3 Å². The molecule has 142 valence electrons. The molecule has 4 rings (SSSR count). The van der Waals surface area contributed by atoms with Crippen molar-refractivity contribution in [3.05, 3.63) is 54.1 Å². The molecule has 0 atom stereocenters. The van der Waals surface area contributed by atoms with Crippen LogP contribution >= 0.6 is 0 Å². The molecule has 0 N–H and O–H groups in total. The second kappa shape index (κ2) is 7.92. The summed E-state index contributed by atoms with van der Waals surface area (Å²) in [6.07, 6.45) is 1.77. The summed E-state index contributed by atoms with van der Waals surface area (Å²) < 4.78 is 18.4. The summed E-state index contributed by atoms with van der Waals surface area (Å²) in [5, 5.41) is 0. The summed E-state index contributed by atoms with van der Waals surface area (Å²) >= 11 is 0. The molecule has 1 amide bonds. The minimum atomic E-state index is -0.237. The zero-order chi connectivity index (χ0) is 18.6. The second-order valence-electron chi connectivity index (χ2n) is 6.76. The van der Waals surface area contributed by atoms with Gasteiger partial charge in [-0.25, -0.2) is 9.37 Å². The Kier molecular flexibility index (Phi) is 5.20. The number of morpholine rings is 1. The van der Waals surface area contributed by atoms with Gasteiger partial charge in [-0.2, -0.15) is 0 Å². The monoisotopic (exact) mass is 370 g/mol. The van der Waals surface area contributed by atoms with Crippen molar-refractivity contribution in [2.45, 2.75) is 0 Å². The molecule has 2 fully saturated rings. The molecule has 2 aliphatic heterocycles. The normalized spacial score (nSPS) is 17.9. The predicted octanol–water partition coefficient (Wildman–Crippen LogP) is 2.02. The van der Waals surface area contributed by atoms with Crippen LogP contribution in [0.5, 0.6) is 0 Å². The molecule has 0 spiro atoms. The topological polar surface area (TPSA) is 48.9 Å². The van der Waals surface area contributed by atoms with Gasteiger partial charge < -0.3 is 19.4 Å². The molecule has 0 radical (unpaired) electrons. The van der Waals surface area contributed by atoms with Crippen molar-refractivity contribution in [2.24, 2.45) is 0 Å². The fourth-order valence-corrected chi connectivity index (χ4v) is 3.50. The number of aromatic nitrogens is 1. The first kappa shape index (κ1) is 17.7. The van der Waals surface area contributed by atoms with E-state index < -0.39 is 0 Å². The number of pyridine rings is 1. The summed E-state index contributed by atoms with van der Waals surface area (Å²) in [4.78, 5) is 23.3. The minimum absolute atomic E-state index is 0.0396. The third-order valence-electron chi connectivity index (χ3n) is 5.10. The van der Waals surface area contributed by atoms with Gasteiger partial charge in [0.05, 0.1) is 25.1 Å². The van der Waals surface area contributed by atoms with Gasteiger partial charge in [-0.15, -0.1) is 0 Å². The number of rotatable bonds is 3. The smallest absolute Gasteiger partial charge is 0.272 e. The molecule has 1 aromatic heterocycles. The lowest BCUT2D eigenvalue weighted by Gasteiger charge is -2.36. The summed E-state index contributed by atoms with van der Waals surface area (Å²) in [5.41, 5.74) is 2.48. The number of amides is 1. The zero-order valence-corrected chi connectivity index (χ0v) is 15.2. The van der Waals surface area contributed by atoms with E-state index in [1.165, 1.54) is 12.1 Å². The molecule has 0 unspecified atom stereocenters. The molecule has 0 aliphatic carbocycles. The number of benzene rings is 1. The van der Waals surface area contributed by atoms with E-state index in [0.717, 1.165) is 50.8 Å². The van der Waals surface area contributed by atoms with Gasteiger partial charge in [0.2, 0.25) is 0 Å². The van der Waals surface area contributed by atoms with Crippen LogP contribution in [0.25, 0.3) is 0 Å². The van der Waals surface area contributed by atoms with Crippen molar-refractivity contribution in [3.8, 4) is 0 Å².